The van der Waals surface area contributed by atoms with Crippen molar-refractivity contribution in [2.45, 2.75) is 0 Å². The fourth-order valence-corrected chi connectivity index (χ4v) is 2.34. The van der Waals surface area contributed by atoms with E-state index in [0.29, 0.717) is 4.57 Å². The van der Waals surface area contributed by atoms with Crippen LogP contribution in [0, 0.1) is 29.1 Å². The summed E-state index contributed by atoms with van der Waals surface area (Å²) < 4.78 is 68.5. The summed E-state index contributed by atoms with van der Waals surface area (Å²) in [5.74, 6) is -12.4. The second-order valence-corrected chi connectivity index (χ2v) is 4.65. The molecule has 1 heterocycles. The van der Waals surface area contributed by atoms with Gasteiger partial charge in [0.25, 0.3) is 0 Å². The average molecular weight is 327 g/mol. The SMILES string of the molecule is O=C(O)c1cc2ccccc2n1-c1c(F)c(F)c(F)c(F)c1F. The van der Waals surface area contributed by atoms with Crippen LogP contribution in [0.25, 0.3) is 16.6 Å². The van der Waals surface area contributed by atoms with E-state index in [2.05, 4.69) is 0 Å². The van der Waals surface area contributed by atoms with Gasteiger partial charge in [0.05, 0.1) is 5.52 Å². The van der Waals surface area contributed by atoms with Crippen molar-refractivity contribution in [3.63, 3.8) is 0 Å². The number of rotatable bonds is 2. The number of carboxylic acid groups (broad SMARTS) is 1. The Morgan fingerprint density at radius 1 is 0.870 bits per heavy atom. The fraction of sp³-hybridized carbons (Fsp3) is 0. The molecule has 8 heteroatoms. The minimum Gasteiger partial charge on any atom is -0.477 e. The molecule has 0 spiro atoms. The lowest BCUT2D eigenvalue weighted by atomic mass is 10.2. The minimum absolute atomic E-state index is 0.00638. The summed E-state index contributed by atoms with van der Waals surface area (Å²) in [4.78, 5) is 11.3. The topological polar surface area (TPSA) is 42.2 Å². The molecule has 0 aliphatic heterocycles. The Morgan fingerprint density at radius 3 is 1.96 bits per heavy atom. The number of aromatic carboxylic acids is 1. The maximum Gasteiger partial charge on any atom is 0.352 e. The molecule has 0 aliphatic rings. The van der Waals surface area contributed by atoms with Crippen molar-refractivity contribution in [3.8, 4) is 5.69 Å². The zero-order valence-corrected chi connectivity index (χ0v) is 11.1. The van der Waals surface area contributed by atoms with E-state index in [0.717, 1.165) is 6.07 Å². The first-order valence-electron chi connectivity index (χ1n) is 6.20. The molecular weight excluding hydrogens is 321 g/mol. The number of para-hydroxylation sites is 1. The van der Waals surface area contributed by atoms with Gasteiger partial charge < -0.3 is 5.11 Å². The van der Waals surface area contributed by atoms with E-state index in [4.69, 9.17) is 0 Å². The Bertz CT molecular complexity index is 935. The number of hydrogen-bond donors (Lipinski definition) is 1. The molecule has 3 aromatic rings. The molecule has 23 heavy (non-hydrogen) atoms. The first-order chi connectivity index (χ1) is 10.8. The molecule has 0 saturated heterocycles. The molecule has 0 amide bonds. The summed E-state index contributed by atoms with van der Waals surface area (Å²) in [7, 11) is 0. The van der Waals surface area contributed by atoms with Crippen LogP contribution in [0.1, 0.15) is 10.5 Å². The van der Waals surface area contributed by atoms with Crippen LogP contribution < -0.4 is 0 Å². The lowest BCUT2D eigenvalue weighted by molar-refractivity contribution is 0.0688. The summed E-state index contributed by atoms with van der Waals surface area (Å²) in [5.41, 5.74) is -1.97. The zero-order chi connectivity index (χ0) is 16.9. The standard InChI is InChI=1S/C15H6F5NO2/c16-9-10(17)12(19)14(13(20)11(9)18)21-7-4-2-1-3-6(7)5-8(21)15(22)23/h1-5H,(H,22,23). The van der Waals surface area contributed by atoms with Gasteiger partial charge in [0.15, 0.2) is 23.3 Å². The van der Waals surface area contributed by atoms with Crippen LogP contribution in [0.3, 0.4) is 0 Å². The van der Waals surface area contributed by atoms with Crippen molar-refractivity contribution in [2.75, 3.05) is 0 Å². The third-order valence-electron chi connectivity index (χ3n) is 3.34. The van der Waals surface area contributed by atoms with Crippen molar-refractivity contribution in [3.05, 3.63) is 65.1 Å². The molecule has 3 rings (SSSR count). The Morgan fingerprint density at radius 2 is 1.39 bits per heavy atom. The van der Waals surface area contributed by atoms with Gasteiger partial charge in [-0.05, 0) is 12.1 Å². The Hall–Kier alpha value is -2.90. The summed E-state index contributed by atoms with van der Waals surface area (Å²) in [5, 5.41) is 9.45. The lowest BCUT2D eigenvalue weighted by Gasteiger charge is -2.12. The largest absolute Gasteiger partial charge is 0.477 e. The predicted octanol–water partition coefficient (Wildman–Crippen LogP) is 4.02. The summed E-state index contributed by atoms with van der Waals surface area (Å²) in [6.45, 7) is 0. The van der Waals surface area contributed by atoms with Crippen molar-refractivity contribution in [1.29, 1.82) is 0 Å². The van der Waals surface area contributed by atoms with Crippen LogP contribution in [-0.4, -0.2) is 15.6 Å². The van der Waals surface area contributed by atoms with E-state index < -0.39 is 46.4 Å². The van der Waals surface area contributed by atoms with Crippen LogP contribution in [-0.2, 0) is 0 Å². The van der Waals surface area contributed by atoms with Crippen molar-refractivity contribution in [1.82, 2.24) is 4.57 Å². The second kappa shape index (κ2) is 5.08. The molecule has 3 nitrogen and oxygen atoms in total. The maximum absolute atomic E-state index is 14.0. The van der Waals surface area contributed by atoms with Gasteiger partial charge in [-0.25, -0.2) is 26.7 Å². The molecule has 1 N–H and O–H groups in total. The minimum atomic E-state index is -2.31. The first-order valence-corrected chi connectivity index (χ1v) is 6.20. The number of aromatic nitrogens is 1. The normalized spacial score (nSPS) is 11.2. The van der Waals surface area contributed by atoms with Crippen LogP contribution in [0.5, 0.6) is 0 Å². The molecule has 0 atom stereocenters. The van der Waals surface area contributed by atoms with Gasteiger partial charge in [0.1, 0.15) is 11.4 Å². The van der Waals surface area contributed by atoms with E-state index in [1.165, 1.54) is 24.3 Å². The highest BCUT2D eigenvalue weighted by Gasteiger charge is 2.29. The average Bonchev–Trinajstić information content (AvgIpc) is 2.91. The van der Waals surface area contributed by atoms with Crippen molar-refractivity contribution < 1.29 is 31.9 Å². The van der Waals surface area contributed by atoms with Gasteiger partial charge >= 0.3 is 5.97 Å². The number of halogens is 5. The Balaban J connectivity index is 2.52. The highest BCUT2D eigenvalue weighted by Crippen LogP contribution is 2.31. The molecule has 0 radical (unpaired) electrons. The number of hydrogen-bond acceptors (Lipinski definition) is 1. The van der Waals surface area contributed by atoms with E-state index >= 15 is 0 Å². The summed E-state index contributed by atoms with van der Waals surface area (Å²) in [6, 6.07) is 6.81. The van der Waals surface area contributed by atoms with Crippen LogP contribution in [0.4, 0.5) is 22.0 Å². The molecule has 1 aromatic heterocycles. The third-order valence-corrected chi connectivity index (χ3v) is 3.34. The molecule has 0 aliphatic carbocycles. The summed E-state index contributed by atoms with van der Waals surface area (Å²) >= 11 is 0. The Kier molecular flexibility index (Phi) is 3.32. The number of carbonyl (C=O) groups is 1. The predicted molar refractivity (Wildman–Crippen MR) is 70.0 cm³/mol. The quantitative estimate of drug-likeness (QED) is 0.439. The fourth-order valence-electron chi connectivity index (χ4n) is 2.34. The summed E-state index contributed by atoms with van der Waals surface area (Å²) in [6.07, 6.45) is 0. The van der Waals surface area contributed by atoms with E-state index in [1.54, 1.807) is 0 Å². The van der Waals surface area contributed by atoms with Gasteiger partial charge in [-0.2, -0.15) is 0 Å². The molecule has 0 fully saturated rings. The van der Waals surface area contributed by atoms with Gasteiger partial charge in [0.2, 0.25) is 5.82 Å². The number of carboxylic acids is 1. The third kappa shape index (κ3) is 2.06. The number of fused-ring (bicyclic) bond motifs is 1. The van der Waals surface area contributed by atoms with Crippen LogP contribution >= 0.6 is 0 Å². The van der Waals surface area contributed by atoms with Gasteiger partial charge in [-0.3, -0.25) is 4.57 Å². The first kappa shape index (κ1) is 15.0. The van der Waals surface area contributed by atoms with Gasteiger partial charge in [-0.15, -0.1) is 0 Å². The lowest BCUT2D eigenvalue weighted by Crippen LogP contribution is -2.14. The van der Waals surface area contributed by atoms with Crippen molar-refractivity contribution in [2.24, 2.45) is 0 Å². The van der Waals surface area contributed by atoms with E-state index in [1.807, 2.05) is 0 Å². The maximum atomic E-state index is 14.0. The molecular formula is C15H6F5NO2. The van der Waals surface area contributed by atoms with Gasteiger partial charge in [0, 0.05) is 5.39 Å². The molecule has 0 saturated carbocycles. The highest BCUT2D eigenvalue weighted by molar-refractivity contribution is 5.96. The van der Waals surface area contributed by atoms with E-state index in [-0.39, 0.29) is 10.9 Å². The Labute approximate surface area is 125 Å². The number of nitrogens with zero attached hydrogens (tertiary/aromatic N) is 1. The van der Waals surface area contributed by atoms with Crippen LogP contribution in [0.2, 0.25) is 0 Å². The molecule has 2 aromatic carbocycles. The smallest absolute Gasteiger partial charge is 0.352 e. The second-order valence-electron chi connectivity index (χ2n) is 4.65. The van der Waals surface area contributed by atoms with Crippen molar-refractivity contribution >= 4 is 16.9 Å². The molecule has 118 valence electrons. The monoisotopic (exact) mass is 327 g/mol. The highest BCUT2D eigenvalue weighted by atomic mass is 19.2. The zero-order valence-electron chi connectivity index (χ0n) is 11.1. The van der Waals surface area contributed by atoms with E-state index in [9.17, 15) is 31.9 Å². The molecule has 0 unspecified atom stereocenters. The van der Waals surface area contributed by atoms with Gasteiger partial charge in [-0.1, -0.05) is 18.2 Å². The van der Waals surface area contributed by atoms with Crippen LogP contribution in [0.15, 0.2) is 30.3 Å². The molecule has 0 bridgehead atoms. The number of benzene rings is 2.